The molecule has 5 heteroatoms. The molecule has 0 aliphatic rings. The number of hydrogen-bond acceptors (Lipinski definition) is 3. The van der Waals surface area contributed by atoms with Crippen LogP contribution in [0.5, 0.6) is 5.75 Å². The van der Waals surface area contributed by atoms with Crippen molar-refractivity contribution in [2.45, 2.75) is 52.7 Å². The van der Waals surface area contributed by atoms with Crippen molar-refractivity contribution >= 4 is 5.97 Å². The summed E-state index contributed by atoms with van der Waals surface area (Å²) >= 11 is 0. The van der Waals surface area contributed by atoms with Gasteiger partial charge in [-0.25, -0.2) is 4.79 Å². The first-order chi connectivity index (χ1) is 14.9. The fourth-order valence-corrected chi connectivity index (χ4v) is 4.01. The number of nitrogens with one attached hydrogen (secondary N) is 1. The van der Waals surface area contributed by atoms with Crippen molar-refractivity contribution in [3.8, 4) is 5.75 Å². The standard InChI is InChI=1S/C26H32N2O3/c1-18(10-11-21-8-6-5-7-9-21)27-16-24-19(2)28(20(3)25(24)26(29)30)17-22-12-14-23(31-4)15-13-22/h5-9,12-15,18,27H,10-11,16-17H2,1-4H3,(H,29,30)/t18-/m0/s1. The number of carbonyl (C=O) groups is 1. The molecule has 2 N–H and O–H groups in total. The second-order valence-electron chi connectivity index (χ2n) is 8.07. The van der Waals surface area contributed by atoms with Gasteiger partial charge in [0.25, 0.3) is 0 Å². The molecule has 5 nitrogen and oxygen atoms in total. The lowest BCUT2D eigenvalue weighted by Gasteiger charge is -2.15. The predicted molar refractivity (Wildman–Crippen MR) is 124 cm³/mol. The van der Waals surface area contributed by atoms with E-state index in [1.807, 2.05) is 44.2 Å². The molecular weight excluding hydrogens is 388 g/mol. The SMILES string of the molecule is COc1ccc(Cn2c(C)c(CN[C@@H](C)CCc3ccccc3)c(C(=O)O)c2C)cc1. The van der Waals surface area contributed by atoms with Crippen LogP contribution >= 0.6 is 0 Å². The third-order valence-electron chi connectivity index (χ3n) is 5.96. The summed E-state index contributed by atoms with van der Waals surface area (Å²) in [6, 6.07) is 18.6. The van der Waals surface area contributed by atoms with Crippen LogP contribution in [0.15, 0.2) is 54.6 Å². The minimum absolute atomic E-state index is 0.284. The van der Waals surface area contributed by atoms with E-state index in [1.165, 1.54) is 5.56 Å². The molecule has 3 rings (SSSR count). The molecule has 1 aromatic heterocycles. The Morgan fingerprint density at radius 3 is 2.32 bits per heavy atom. The van der Waals surface area contributed by atoms with Crippen LogP contribution in [0.4, 0.5) is 0 Å². The average molecular weight is 421 g/mol. The molecule has 0 bridgehead atoms. The first-order valence-corrected chi connectivity index (χ1v) is 10.7. The molecule has 3 aromatic rings. The highest BCUT2D eigenvalue weighted by molar-refractivity contribution is 5.91. The zero-order valence-electron chi connectivity index (χ0n) is 18.8. The number of benzene rings is 2. The summed E-state index contributed by atoms with van der Waals surface area (Å²) in [5.41, 5.74) is 5.48. The van der Waals surface area contributed by atoms with Crippen molar-refractivity contribution in [2.24, 2.45) is 0 Å². The van der Waals surface area contributed by atoms with Gasteiger partial charge >= 0.3 is 5.97 Å². The molecule has 2 aromatic carbocycles. The third kappa shape index (κ3) is 5.56. The van der Waals surface area contributed by atoms with Crippen LogP contribution in [0.25, 0.3) is 0 Å². The number of ether oxygens (including phenoxy) is 1. The van der Waals surface area contributed by atoms with E-state index in [0.717, 1.165) is 41.1 Å². The van der Waals surface area contributed by atoms with Crippen molar-refractivity contribution in [1.29, 1.82) is 0 Å². The van der Waals surface area contributed by atoms with Crippen LogP contribution in [0.2, 0.25) is 0 Å². The summed E-state index contributed by atoms with van der Waals surface area (Å²) in [6.45, 7) is 7.22. The Hall–Kier alpha value is -3.05. The summed E-state index contributed by atoms with van der Waals surface area (Å²) in [7, 11) is 1.65. The van der Waals surface area contributed by atoms with Gasteiger partial charge in [0.05, 0.1) is 12.7 Å². The van der Waals surface area contributed by atoms with Crippen molar-refractivity contribution in [1.82, 2.24) is 9.88 Å². The van der Waals surface area contributed by atoms with E-state index in [9.17, 15) is 9.90 Å². The van der Waals surface area contributed by atoms with Crippen LogP contribution in [-0.4, -0.2) is 28.8 Å². The maximum Gasteiger partial charge on any atom is 0.337 e. The Morgan fingerprint density at radius 2 is 1.71 bits per heavy atom. The molecule has 0 aliphatic heterocycles. The van der Waals surface area contributed by atoms with Gasteiger partial charge in [0, 0.05) is 36.1 Å². The Morgan fingerprint density at radius 1 is 1.03 bits per heavy atom. The van der Waals surface area contributed by atoms with E-state index in [2.05, 4.69) is 41.1 Å². The van der Waals surface area contributed by atoms with Gasteiger partial charge in [0.15, 0.2) is 0 Å². The minimum Gasteiger partial charge on any atom is -0.497 e. The summed E-state index contributed by atoms with van der Waals surface area (Å²) < 4.78 is 7.33. The first-order valence-electron chi connectivity index (χ1n) is 10.7. The Bertz CT molecular complexity index is 1010. The van der Waals surface area contributed by atoms with Crippen molar-refractivity contribution in [3.63, 3.8) is 0 Å². The molecule has 0 fully saturated rings. The normalized spacial score (nSPS) is 12.0. The zero-order valence-corrected chi connectivity index (χ0v) is 18.8. The van der Waals surface area contributed by atoms with Crippen LogP contribution in [-0.2, 0) is 19.5 Å². The molecule has 0 saturated heterocycles. The molecule has 0 radical (unpaired) electrons. The average Bonchev–Trinajstić information content (AvgIpc) is 3.01. The number of methoxy groups -OCH3 is 1. The zero-order chi connectivity index (χ0) is 22.4. The highest BCUT2D eigenvalue weighted by Gasteiger charge is 2.22. The fraction of sp³-hybridized carbons (Fsp3) is 0.346. The van der Waals surface area contributed by atoms with Gasteiger partial charge in [-0.15, -0.1) is 0 Å². The number of aromatic nitrogens is 1. The number of aryl methyl sites for hydroxylation is 1. The van der Waals surface area contributed by atoms with Crippen molar-refractivity contribution in [2.75, 3.05) is 7.11 Å². The monoisotopic (exact) mass is 420 g/mol. The number of rotatable bonds is 10. The van der Waals surface area contributed by atoms with Crippen molar-refractivity contribution < 1.29 is 14.6 Å². The number of aromatic carboxylic acids is 1. The second-order valence-corrected chi connectivity index (χ2v) is 8.07. The molecule has 31 heavy (non-hydrogen) atoms. The predicted octanol–water partition coefficient (Wildman–Crippen LogP) is 4.97. The molecule has 1 heterocycles. The summed E-state index contributed by atoms with van der Waals surface area (Å²) in [5.74, 6) is -0.0619. The van der Waals surface area contributed by atoms with E-state index in [-0.39, 0.29) is 6.04 Å². The van der Waals surface area contributed by atoms with Crippen molar-refractivity contribution in [3.05, 3.63) is 88.2 Å². The number of carboxylic acid groups (broad SMARTS) is 1. The number of carboxylic acids is 1. The van der Waals surface area contributed by atoms with E-state index in [0.29, 0.717) is 18.7 Å². The van der Waals surface area contributed by atoms with Crippen LogP contribution in [0.3, 0.4) is 0 Å². The number of hydrogen-bond donors (Lipinski definition) is 2. The van der Waals surface area contributed by atoms with E-state index < -0.39 is 5.97 Å². The third-order valence-corrected chi connectivity index (χ3v) is 5.96. The van der Waals surface area contributed by atoms with Gasteiger partial charge < -0.3 is 19.7 Å². The summed E-state index contributed by atoms with van der Waals surface area (Å²) in [5, 5.41) is 13.4. The van der Waals surface area contributed by atoms with E-state index >= 15 is 0 Å². The van der Waals surface area contributed by atoms with Gasteiger partial charge in [-0.1, -0.05) is 42.5 Å². The lowest BCUT2D eigenvalue weighted by Crippen LogP contribution is -2.27. The van der Waals surface area contributed by atoms with Crippen LogP contribution in [0, 0.1) is 13.8 Å². The summed E-state index contributed by atoms with van der Waals surface area (Å²) in [4.78, 5) is 12.0. The molecule has 0 aliphatic carbocycles. The Labute approximate surface area is 184 Å². The molecular formula is C26H32N2O3. The minimum atomic E-state index is -0.872. The van der Waals surface area contributed by atoms with E-state index in [4.69, 9.17) is 4.74 Å². The molecule has 1 atom stereocenters. The van der Waals surface area contributed by atoms with Crippen LogP contribution < -0.4 is 10.1 Å². The molecule has 0 amide bonds. The lowest BCUT2D eigenvalue weighted by molar-refractivity contribution is 0.0694. The smallest absolute Gasteiger partial charge is 0.337 e. The number of nitrogens with zero attached hydrogens (tertiary/aromatic N) is 1. The second kappa shape index (κ2) is 10.3. The van der Waals surface area contributed by atoms with Gasteiger partial charge in [-0.05, 0) is 56.9 Å². The van der Waals surface area contributed by atoms with Crippen LogP contribution in [0.1, 0.15) is 51.8 Å². The molecule has 164 valence electrons. The molecule has 0 spiro atoms. The molecule has 0 saturated carbocycles. The summed E-state index contributed by atoms with van der Waals surface area (Å²) in [6.07, 6.45) is 1.99. The largest absolute Gasteiger partial charge is 0.497 e. The lowest BCUT2D eigenvalue weighted by atomic mass is 10.1. The highest BCUT2D eigenvalue weighted by Crippen LogP contribution is 2.25. The Kier molecular flexibility index (Phi) is 7.53. The first kappa shape index (κ1) is 22.6. The quantitative estimate of drug-likeness (QED) is 0.486. The molecule has 0 unspecified atom stereocenters. The van der Waals surface area contributed by atoms with E-state index in [1.54, 1.807) is 7.11 Å². The van der Waals surface area contributed by atoms with Gasteiger partial charge in [0.1, 0.15) is 5.75 Å². The van der Waals surface area contributed by atoms with Gasteiger partial charge in [-0.2, -0.15) is 0 Å². The maximum absolute atomic E-state index is 12.0. The maximum atomic E-state index is 12.0. The fourth-order valence-electron chi connectivity index (χ4n) is 4.01. The highest BCUT2D eigenvalue weighted by atomic mass is 16.5. The van der Waals surface area contributed by atoms with Gasteiger partial charge in [0.2, 0.25) is 0 Å². The van der Waals surface area contributed by atoms with Gasteiger partial charge in [-0.3, -0.25) is 0 Å². The Balaban J connectivity index is 1.73. The topological polar surface area (TPSA) is 63.5 Å².